The van der Waals surface area contributed by atoms with Crippen molar-refractivity contribution in [3.8, 4) is 0 Å². The number of hydrogen-bond donors (Lipinski definition) is 2. The van der Waals surface area contributed by atoms with Gasteiger partial charge in [0, 0.05) is 0 Å². The van der Waals surface area contributed by atoms with Gasteiger partial charge in [0.05, 0.1) is 5.57 Å². The van der Waals surface area contributed by atoms with Crippen LogP contribution in [-0.4, -0.2) is 21.4 Å². The molecule has 1 aliphatic carbocycles. The second-order valence-electron chi connectivity index (χ2n) is 2.34. The van der Waals surface area contributed by atoms with Crippen LogP contribution in [0.15, 0.2) is 29.9 Å². The molecular formula is C7H7O4P. The SMILES string of the molecule is O=C=C1C=CC=CC1P(=O)(O)O. The van der Waals surface area contributed by atoms with Gasteiger partial charge in [-0.15, -0.1) is 0 Å². The molecule has 0 saturated carbocycles. The van der Waals surface area contributed by atoms with Crippen molar-refractivity contribution >= 4 is 13.5 Å². The maximum absolute atomic E-state index is 10.8. The minimum Gasteiger partial charge on any atom is -0.324 e. The lowest BCUT2D eigenvalue weighted by atomic mass is 10.1. The monoisotopic (exact) mass is 186 g/mol. The van der Waals surface area contributed by atoms with Gasteiger partial charge in [0.2, 0.25) is 0 Å². The summed E-state index contributed by atoms with van der Waals surface area (Å²) in [6, 6.07) is 0. The number of hydrogen-bond acceptors (Lipinski definition) is 2. The third-order valence-electron chi connectivity index (χ3n) is 1.48. The van der Waals surface area contributed by atoms with Crippen molar-refractivity contribution in [2.45, 2.75) is 5.66 Å². The van der Waals surface area contributed by atoms with Crippen molar-refractivity contribution in [2.75, 3.05) is 0 Å². The largest absolute Gasteiger partial charge is 0.337 e. The quantitative estimate of drug-likeness (QED) is 0.459. The average molecular weight is 186 g/mol. The molecule has 1 unspecified atom stereocenters. The summed E-state index contributed by atoms with van der Waals surface area (Å²) >= 11 is 0. The lowest BCUT2D eigenvalue weighted by Crippen LogP contribution is -2.09. The molecule has 0 aliphatic heterocycles. The van der Waals surface area contributed by atoms with Gasteiger partial charge >= 0.3 is 7.60 Å². The topological polar surface area (TPSA) is 74.6 Å². The van der Waals surface area contributed by atoms with E-state index in [0.29, 0.717) is 0 Å². The average Bonchev–Trinajstić information content (AvgIpc) is 2.03. The van der Waals surface area contributed by atoms with Gasteiger partial charge in [-0.05, 0) is 6.08 Å². The molecule has 0 bridgehead atoms. The predicted octanol–water partition coefficient (Wildman–Crippen LogP) is 0.417. The van der Waals surface area contributed by atoms with Crippen molar-refractivity contribution in [1.82, 2.24) is 0 Å². The summed E-state index contributed by atoms with van der Waals surface area (Å²) in [5, 5.41) is 0. The molecular weight excluding hydrogens is 179 g/mol. The molecule has 0 fully saturated rings. The minimum atomic E-state index is -4.25. The van der Waals surface area contributed by atoms with E-state index in [9.17, 15) is 9.36 Å². The summed E-state index contributed by atoms with van der Waals surface area (Å²) < 4.78 is 10.8. The molecule has 0 radical (unpaired) electrons. The van der Waals surface area contributed by atoms with Crippen molar-refractivity contribution in [3.63, 3.8) is 0 Å². The van der Waals surface area contributed by atoms with Crippen LogP contribution in [0.2, 0.25) is 0 Å². The van der Waals surface area contributed by atoms with Gasteiger partial charge in [-0.3, -0.25) is 4.57 Å². The van der Waals surface area contributed by atoms with E-state index in [-0.39, 0.29) is 5.57 Å². The number of carbonyl (C=O) groups excluding carboxylic acids is 1. The molecule has 1 atom stereocenters. The van der Waals surface area contributed by atoms with Crippen LogP contribution in [0.5, 0.6) is 0 Å². The Kier molecular flexibility index (Phi) is 2.46. The zero-order chi connectivity index (χ0) is 9.19. The van der Waals surface area contributed by atoms with Crippen LogP contribution in [0.1, 0.15) is 0 Å². The fraction of sp³-hybridized carbons (Fsp3) is 0.143. The number of allylic oxidation sites excluding steroid dienone is 5. The van der Waals surface area contributed by atoms with Crippen LogP contribution in [0.25, 0.3) is 0 Å². The Labute approximate surface area is 69.1 Å². The molecule has 64 valence electrons. The summed E-state index contributed by atoms with van der Waals surface area (Å²) in [5.41, 5.74) is -1.13. The fourth-order valence-corrected chi connectivity index (χ4v) is 1.74. The molecule has 0 heterocycles. The van der Waals surface area contributed by atoms with E-state index >= 15 is 0 Å². The van der Waals surface area contributed by atoms with Gasteiger partial charge in [-0.25, -0.2) is 4.79 Å². The van der Waals surface area contributed by atoms with E-state index in [1.54, 1.807) is 0 Å². The first-order valence-electron chi connectivity index (χ1n) is 3.21. The highest BCUT2D eigenvalue weighted by Crippen LogP contribution is 2.46. The molecule has 0 aromatic carbocycles. The highest BCUT2D eigenvalue weighted by Gasteiger charge is 2.30. The normalized spacial score (nSPS) is 22.5. The van der Waals surface area contributed by atoms with E-state index in [0.717, 1.165) is 0 Å². The molecule has 5 heteroatoms. The molecule has 12 heavy (non-hydrogen) atoms. The summed E-state index contributed by atoms with van der Waals surface area (Å²) in [5.74, 6) is 1.50. The molecule has 0 aromatic heterocycles. The molecule has 2 N–H and O–H groups in total. The summed E-state index contributed by atoms with van der Waals surface area (Å²) in [4.78, 5) is 27.8. The van der Waals surface area contributed by atoms with Gasteiger partial charge in [0.25, 0.3) is 0 Å². The van der Waals surface area contributed by atoms with E-state index < -0.39 is 13.3 Å². The van der Waals surface area contributed by atoms with Crippen LogP contribution in [0, 0.1) is 0 Å². The number of rotatable bonds is 1. The molecule has 0 amide bonds. The van der Waals surface area contributed by atoms with Gasteiger partial charge in [-0.1, -0.05) is 18.2 Å². The van der Waals surface area contributed by atoms with E-state index in [1.165, 1.54) is 30.2 Å². The van der Waals surface area contributed by atoms with Crippen molar-refractivity contribution in [1.29, 1.82) is 0 Å². The van der Waals surface area contributed by atoms with Crippen molar-refractivity contribution < 1.29 is 19.1 Å². The third-order valence-corrected chi connectivity index (χ3v) is 2.65. The van der Waals surface area contributed by atoms with Crippen LogP contribution in [-0.2, 0) is 9.36 Å². The molecule has 0 spiro atoms. The lowest BCUT2D eigenvalue weighted by Gasteiger charge is -2.14. The Morgan fingerprint density at radius 1 is 1.42 bits per heavy atom. The predicted molar refractivity (Wildman–Crippen MR) is 43.3 cm³/mol. The Bertz CT molecular complexity index is 329. The molecule has 1 aliphatic rings. The van der Waals surface area contributed by atoms with Crippen LogP contribution >= 0.6 is 7.60 Å². The molecule has 1 rings (SSSR count). The van der Waals surface area contributed by atoms with E-state index in [1.807, 2.05) is 0 Å². The first-order chi connectivity index (χ1) is 5.55. The molecule has 0 aromatic rings. The second-order valence-corrected chi connectivity index (χ2v) is 4.07. The summed E-state index contributed by atoms with van der Waals surface area (Å²) in [6.07, 6.45) is 5.66. The summed E-state index contributed by atoms with van der Waals surface area (Å²) in [7, 11) is -4.25. The molecule has 0 saturated heterocycles. The van der Waals surface area contributed by atoms with Crippen LogP contribution in [0.4, 0.5) is 0 Å². The van der Waals surface area contributed by atoms with Crippen molar-refractivity contribution in [3.05, 3.63) is 29.9 Å². The summed E-state index contributed by atoms with van der Waals surface area (Å²) in [6.45, 7) is 0. The van der Waals surface area contributed by atoms with Crippen LogP contribution < -0.4 is 0 Å². The zero-order valence-electron chi connectivity index (χ0n) is 6.04. The van der Waals surface area contributed by atoms with Gasteiger partial charge in [-0.2, -0.15) is 0 Å². The Morgan fingerprint density at radius 2 is 2.08 bits per heavy atom. The standard InChI is InChI=1S/C7H7O4P/c8-5-6-3-1-2-4-7(6)12(9,10)11/h1-4,7H,(H2,9,10,11). The van der Waals surface area contributed by atoms with Gasteiger partial charge < -0.3 is 9.79 Å². The molecule has 4 nitrogen and oxygen atoms in total. The van der Waals surface area contributed by atoms with Crippen LogP contribution in [0.3, 0.4) is 0 Å². The maximum Gasteiger partial charge on any atom is 0.337 e. The Morgan fingerprint density at radius 3 is 2.50 bits per heavy atom. The second kappa shape index (κ2) is 3.21. The Balaban J connectivity index is 3.08. The smallest absolute Gasteiger partial charge is 0.324 e. The first-order valence-corrected chi connectivity index (χ1v) is 4.89. The first kappa shape index (κ1) is 9.17. The van der Waals surface area contributed by atoms with Gasteiger partial charge in [0.15, 0.2) is 0 Å². The third kappa shape index (κ3) is 1.81. The Hall–Kier alpha value is -0.920. The lowest BCUT2D eigenvalue weighted by molar-refractivity contribution is 0.369. The fourth-order valence-electron chi connectivity index (χ4n) is 0.919. The maximum atomic E-state index is 10.8. The van der Waals surface area contributed by atoms with Crippen molar-refractivity contribution in [2.24, 2.45) is 0 Å². The minimum absolute atomic E-state index is 0.00849. The van der Waals surface area contributed by atoms with Gasteiger partial charge in [0.1, 0.15) is 11.6 Å². The highest BCUT2D eigenvalue weighted by molar-refractivity contribution is 7.53. The van der Waals surface area contributed by atoms with E-state index in [2.05, 4.69) is 0 Å². The van der Waals surface area contributed by atoms with E-state index in [4.69, 9.17) is 9.79 Å². The zero-order valence-corrected chi connectivity index (χ0v) is 6.94. The highest BCUT2D eigenvalue weighted by atomic mass is 31.2.